The first-order valence-electron chi connectivity index (χ1n) is 6.65. The summed E-state index contributed by atoms with van der Waals surface area (Å²) in [5, 5.41) is 11.8. The maximum atomic E-state index is 11.8. The van der Waals surface area contributed by atoms with Crippen molar-refractivity contribution < 1.29 is 14.7 Å². The molecular weight excluding hydrogens is 218 g/mol. The average molecular weight is 241 g/mol. The first-order chi connectivity index (χ1) is 8.15. The third kappa shape index (κ3) is 4.75. The van der Waals surface area contributed by atoms with Gasteiger partial charge in [0.1, 0.15) is 0 Å². The van der Waals surface area contributed by atoms with Gasteiger partial charge in [-0.1, -0.05) is 19.8 Å². The molecule has 0 atom stereocenters. The number of carboxylic acids is 1. The van der Waals surface area contributed by atoms with Crippen molar-refractivity contribution >= 4 is 11.9 Å². The van der Waals surface area contributed by atoms with Crippen LogP contribution in [0.4, 0.5) is 0 Å². The van der Waals surface area contributed by atoms with Crippen LogP contribution in [0.15, 0.2) is 0 Å². The fourth-order valence-electron chi connectivity index (χ4n) is 2.33. The van der Waals surface area contributed by atoms with Crippen molar-refractivity contribution in [2.24, 2.45) is 11.8 Å². The highest BCUT2D eigenvalue weighted by Gasteiger charge is 2.29. The van der Waals surface area contributed by atoms with Crippen LogP contribution in [0, 0.1) is 11.8 Å². The third-order valence-corrected chi connectivity index (χ3v) is 3.53. The normalized spacial score (nSPS) is 24.3. The molecule has 1 aliphatic rings. The van der Waals surface area contributed by atoms with E-state index in [-0.39, 0.29) is 17.7 Å². The van der Waals surface area contributed by atoms with E-state index in [9.17, 15) is 9.59 Å². The maximum Gasteiger partial charge on any atom is 0.306 e. The van der Waals surface area contributed by atoms with Crippen LogP contribution in [0.3, 0.4) is 0 Å². The number of aliphatic carboxylic acids is 1. The van der Waals surface area contributed by atoms with E-state index in [1.54, 1.807) is 0 Å². The fourth-order valence-corrected chi connectivity index (χ4v) is 2.33. The number of unbranched alkanes of at least 4 members (excludes halogenated alkanes) is 2. The van der Waals surface area contributed by atoms with Crippen LogP contribution in [0.1, 0.15) is 51.9 Å². The zero-order valence-electron chi connectivity index (χ0n) is 10.6. The van der Waals surface area contributed by atoms with E-state index in [0.717, 1.165) is 38.6 Å². The third-order valence-electron chi connectivity index (χ3n) is 3.53. The van der Waals surface area contributed by atoms with Crippen LogP contribution in [-0.4, -0.2) is 23.5 Å². The van der Waals surface area contributed by atoms with Gasteiger partial charge >= 0.3 is 5.97 Å². The lowest BCUT2D eigenvalue weighted by Gasteiger charge is -2.25. The largest absolute Gasteiger partial charge is 0.481 e. The van der Waals surface area contributed by atoms with Gasteiger partial charge in [-0.15, -0.1) is 0 Å². The molecule has 0 saturated heterocycles. The van der Waals surface area contributed by atoms with Gasteiger partial charge in [-0.3, -0.25) is 9.59 Å². The van der Waals surface area contributed by atoms with Crippen LogP contribution in [0.2, 0.25) is 0 Å². The zero-order chi connectivity index (χ0) is 12.7. The number of rotatable bonds is 6. The summed E-state index contributed by atoms with van der Waals surface area (Å²) in [7, 11) is 0. The predicted molar refractivity (Wildman–Crippen MR) is 65.6 cm³/mol. The molecule has 0 bridgehead atoms. The van der Waals surface area contributed by atoms with E-state index < -0.39 is 5.97 Å². The predicted octanol–water partition coefficient (Wildman–Crippen LogP) is 2.18. The highest BCUT2D eigenvalue weighted by Crippen LogP contribution is 2.28. The summed E-state index contributed by atoms with van der Waals surface area (Å²) in [4.78, 5) is 22.6. The summed E-state index contributed by atoms with van der Waals surface area (Å²) >= 11 is 0. The standard InChI is InChI=1S/C13H23NO3/c1-2-3-4-9-14-12(15)10-5-7-11(8-6-10)13(16)17/h10-11H,2-9H2,1H3,(H,14,15)(H,16,17). The number of carbonyl (C=O) groups excluding carboxylic acids is 1. The molecule has 98 valence electrons. The second-order valence-electron chi connectivity index (χ2n) is 4.88. The van der Waals surface area contributed by atoms with Crippen molar-refractivity contribution in [3.8, 4) is 0 Å². The second-order valence-corrected chi connectivity index (χ2v) is 4.88. The quantitative estimate of drug-likeness (QED) is 0.700. The minimum atomic E-state index is -0.716. The van der Waals surface area contributed by atoms with Gasteiger partial charge in [-0.25, -0.2) is 0 Å². The number of carbonyl (C=O) groups is 2. The van der Waals surface area contributed by atoms with Crippen molar-refractivity contribution in [2.75, 3.05) is 6.54 Å². The fraction of sp³-hybridized carbons (Fsp3) is 0.846. The molecule has 0 unspecified atom stereocenters. The lowest BCUT2D eigenvalue weighted by molar-refractivity contribution is -0.144. The van der Waals surface area contributed by atoms with Crippen LogP contribution in [0.5, 0.6) is 0 Å². The van der Waals surface area contributed by atoms with E-state index in [1.807, 2.05) is 0 Å². The minimum absolute atomic E-state index is 0.0345. The lowest BCUT2D eigenvalue weighted by Crippen LogP contribution is -2.34. The highest BCUT2D eigenvalue weighted by molar-refractivity contribution is 5.79. The van der Waals surface area contributed by atoms with E-state index in [1.165, 1.54) is 0 Å². The summed E-state index contributed by atoms with van der Waals surface area (Å²) in [5.74, 6) is -0.803. The molecule has 1 fully saturated rings. The summed E-state index contributed by atoms with van der Waals surface area (Å²) in [5.41, 5.74) is 0. The molecule has 0 aromatic carbocycles. The summed E-state index contributed by atoms with van der Waals surface area (Å²) in [6.45, 7) is 2.89. The van der Waals surface area contributed by atoms with Gasteiger partial charge in [0.05, 0.1) is 5.92 Å². The Morgan fingerprint density at radius 2 is 1.71 bits per heavy atom. The number of hydrogen-bond donors (Lipinski definition) is 2. The van der Waals surface area contributed by atoms with Crippen molar-refractivity contribution in [1.29, 1.82) is 0 Å². The van der Waals surface area contributed by atoms with Crippen LogP contribution in [-0.2, 0) is 9.59 Å². The number of nitrogens with one attached hydrogen (secondary N) is 1. The van der Waals surface area contributed by atoms with Gasteiger partial charge in [-0.2, -0.15) is 0 Å². The van der Waals surface area contributed by atoms with E-state index in [2.05, 4.69) is 12.2 Å². The van der Waals surface area contributed by atoms with Crippen molar-refractivity contribution in [1.82, 2.24) is 5.32 Å². The smallest absolute Gasteiger partial charge is 0.306 e. The van der Waals surface area contributed by atoms with E-state index >= 15 is 0 Å². The Bertz CT molecular complexity index is 257. The minimum Gasteiger partial charge on any atom is -0.481 e. The molecule has 4 heteroatoms. The molecule has 0 aromatic heterocycles. The molecule has 0 aliphatic heterocycles. The molecule has 1 rings (SSSR count). The Balaban J connectivity index is 2.19. The summed E-state index contributed by atoms with van der Waals surface area (Å²) < 4.78 is 0. The zero-order valence-corrected chi connectivity index (χ0v) is 10.6. The Morgan fingerprint density at radius 3 is 2.24 bits per heavy atom. The highest BCUT2D eigenvalue weighted by atomic mass is 16.4. The van der Waals surface area contributed by atoms with Gasteiger partial charge in [0.15, 0.2) is 0 Å². The molecule has 2 N–H and O–H groups in total. The van der Waals surface area contributed by atoms with Gasteiger partial charge in [0, 0.05) is 12.5 Å². The van der Waals surface area contributed by atoms with Crippen LogP contribution >= 0.6 is 0 Å². The van der Waals surface area contributed by atoms with Gasteiger partial charge in [0.2, 0.25) is 5.91 Å². The SMILES string of the molecule is CCCCCNC(=O)C1CCC(C(=O)O)CC1. The van der Waals surface area contributed by atoms with E-state index in [0.29, 0.717) is 12.8 Å². The van der Waals surface area contributed by atoms with Crippen molar-refractivity contribution in [2.45, 2.75) is 51.9 Å². The second kappa shape index (κ2) is 7.30. The van der Waals surface area contributed by atoms with Crippen molar-refractivity contribution in [3.05, 3.63) is 0 Å². The maximum absolute atomic E-state index is 11.8. The first-order valence-corrected chi connectivity index (χ1v) is 6.65. The topological polar surface area (TPSA) is 66.4 Å². The molecule has 1 amide bonds. The number of carboxylic acid groups (broad SMARTS) is 1. The molecule has 0 aromatic rings. The molecule has 0 heterocycles. The molecule has 17 heavy (non-hydrogen) atoms. The van der Waals surface area contributed by atoms with Gasteiger partial charge < -0.3 is 10.4 Å². The molecule has 0 spiro atoms. The molecular formula is C13H23NO3. The molecule has 0 radical (unpaired) electrons. The number of hydrogen-bond acceptors (Lipinski definition) is 2. The Labute approximate surface area is 103 Å². The number of amides is 1. The van der Waals surface area contributed by atoms with Gasteiger partial charge in [0.25, 0.3) is 0 Å². The molecule has 4 nitrogen and oxygen atoms in total. The molecule has 1 aliphatic carbocycles. The average Bonchev–Trinajstić information content (AvgIpc) is 2.34. The Hall–Kier alpha value is -1.06. The summed E-state index contributed by atoms with van der Waals surface area (Å²) in [6.07, 6.45) is 6.05. The monoisotopic (exact) mass is 241 g/mol. The van der Waals surface area contributed by atoms with E-state index in [4.69, 9.17) is 5.11 Å². The van der Waals surface area contributed by atoms with Crippen molar-refractivity contribution in [3.63, 3.8) is 0 Å². The lowest BCUT2D eigenvalue weighted by atomic mass is 9.81. The first kappa shape index (κ1) is 14.0. The Kier molecular flexibility index (Phi) is 6.01. The Morgan fingerprint density at radius 1 is 1.12 bits per heavy atom. The molecule has 1 saturated carbocycles. The van der Waals surface area contributed by atoms with Gasteiger partial charge in [-0.05, 0) is 32.1 Å². The van der Waals surface area contributed by atoms with Crippen LogP contribution in [0.25, 0.3) is 0 Å². The van der Waals surface area contributed by atoms with Crippen LogP contribution < -0.4 is 5.32 Å². The summed E-state index contributed by atoms with van der Waals surface area (Å²) in [6, 6.07) is 0.